The van der Waals surface area contributed by atoms with Gasteiger partial charge in [-0.05, 0) is 38.0 Å². The quantitative estimate of drug-likeness (QED) is 0.311. The van der Waals surface area contributed by atoms with Gasteiger partial charge in [-0.15, -0.1) is 0 Å². The molecular formula is C18H30ClN5O3S. The first kappa shape index (κ1) is 22.6. The largest absolute Gasteiger partial charge is 0.495 e. The molecule has 1 fully saturated rings. The minimum absolute atomic E-state index is 0.0965. The van der Waals surface area contributed by atoms with Crippen molar-refractivity contribution < 1.29 is 13.2 Å². The van der Waals surface area contributed by atoms with E-state index in [1.54, 1.807) is 21.1 Å². The highest BCUT2D eigenvalue weighted by Crippen LogP contribution is 2.33. The highest BCUT2D eigenvalue weighted by atomic mass is 35.5. The third kappa shape index (κ3) is 6.72. The summed E-state index contributed by atoms with van der Waals surface area (Å²) in [4.78, 5) is 6.50. The van der Waals surface area contributed by atoms with Gasteiger partial charge < -0.3 is 20.3 Å². The minimum atomic E-state index is -3.13. The maximum atomic E-state index is 11.4. The molecule has 0 bridgehead atoms. The summed E-state index contributed by atoms with van der Waals surface area (Å²) in [5.41, 5.74) is 0.991. The SMILES string of the molecule is CCS(=O)(=O)NCCCNC(=NC)NC1CCN(c2cc(Cl)ccc2OC)C1. The van der Waals surface area contributed by atoms with Crippen LogP contribution in [0.5, 0.6) is 5.75 Å². The van der Waals surface area contributed by atoms with Crippen molar-refractivity contribution in [3.8, 4) is 5.75 Å². The molecule has 1 unspecified atom stereocenters. The average molecular weight is 432 g/mol. The topological polar surface area (TPSA) is 95.1 Å². The first-order chi connectivity index (χ1) is 13.4. The van der Waals surface area contributed by atoms with Crippen LogP contribution in [0.1, 0.15) is 19.8 Å². The summed E-state index contributed by atoms with van der Waals surface area (Å²) in [5, 5.41) is 7.33. The molecule has 10 heteroatoms. The summed E-state index contributed by atoms with van der Waals surface area (Å²) in [5.74, 6) is 1.62. The van der Waals surface area contributed by atoms with Crippen LogP contribution in [-0.2, 0) is 10.0 Å². The van der Waals surface area contributed by atoms with E-state index >= 15 is 0 Å². The number of nitrogens with one attached hydrogen (secondary N) is 3. The summed E-state index contributed by atoms with van der Waals surface area (Å²) in [7, 11) is 0.247. The van der Waals surface area contributed by atoms with E-state index in [2.05, 4.69) is 25.2 Å². The summed E-state index contributed by atoms with van der Waals surface area (Å²) in [6, 6.07) is 5.87. The van der Waals surface area contributed by atoms with Crippen molar-refractivity contribution >= 4 is 33.3 Å². The van der Waals surface area contributed by atoms with Crippen LogP contribution in [0.3, 0.4) is 0 Å². The molecule has 1 aromatic carbocycles. The van der Waals surface area contributed by atoms with E-state index in [-0.39, 0.29) is 11.8 Å². The molecule has 0 radical (unpaired) electrons. The third-order valence-corrected chi connectivity index (χ3v) is 6.22. The number of guanidine groups is 1. The Hall–Kier alpha value is -1.71. The fourth-order valence-electron chi connectivity index (χ4n) is 3.02. The number of nitrogens with zero attached hydrogens (tertiary/aromatic N) is 2. The molecule has 1 heterocycles. The number of methoxy groups -OCH3 is 1. The molecule has 0 saturated carbocycles. The summed E-state index contributed by atoms with van der Waals surface area (Å²) < 4.78 is 30.8. The maximum absolute atomic E-state index is 11.4. The number of hydrogen-bond donors (Lipinski definition) is 3. The van der Waals surface area contributed by atoms with Gasteiger partial charge in [0.2, 0.25) is 10.0 Å². The monoisotopic (exact) mass is 431 g/mol. The molecule has 1 atom stereocenters. The van der Waals surface area contributed by atoms with Crippen LogP contribution in [0.2, 0.25) is 5.02 Å². The molecule has 1 aliphatic rings. The molecule has 1 saturated heterocycles. The number of aliphatic imine (C=N–C) groups is 1. The molecule has 0 aliphatic carbocycles. The molecule has 8 nitrogen and oxygen atoms in total. The summed E-state index contributed by atoms with van der Waals surface area (Å²) >= 11 is 6.15. The van der Waals surface area contributed by atoms with Gasteiger partial charge in [-0.25, -0.2) is 13.1 Å². The first-order valence-electron chi connectivity index (χ1n) is 9.41. The Balaban J connectivity index is 1.80. The van der Waals surface area contributed by atoms with Gasteiger partial charge in [0.05, 0.1) is 18.6 Å². The smallest absolute Gasteiger partial charge is 0.211 e. The number of halogens is 1. The number of sulfonamides is 1. The Morgan fingerprint density at radius 3 is 2.86 bits per heavy atom. The van der Waals surface area contributed by atoms with E-state index in [0.717, 1.165) is 30.9 Å². The lowest BCUT2D eigenvalue weighted by molar-refractivity contribution is 0.415. The van der Waals surface area contributed by atoms with Crippen molar-refractivity contribution in [1.29, 1.82) is 0 Å². The van der Waals surface area contributed by atoms with Gasteiger partial charge >= 0.3 is 0 Å². The molecule has 1 aliphatic heterocycles. The number of rotatable bonds is 9. The Morgan fingerprint density at radius 1 is 1.39 bits per heavy atom. The van der Waals surface area contributed by atoms with Gasteiger partial charge in [-0.2, -0.15) is 0 Å². The van der Waals surface area contributed by atoms with Crippen LogP contribution in [0, 0.1) is 0 Å². The van der Waals surface area contributed by atoms with Crippen LogP contribution < -0.4 is 25.0 Å². The van der Waals surface area contributed by atoms with Crippen molar-refractivity contribution in [2.45, 2.75) is 25.8 Å². The van der Waals surface area contributed by atoms with Crippen LogP contribution >= 0.6 is 11.6 Å². The van der Waals surface area contributed by atoms with Gasteiger partial charge in [0.25, 0.3) is 0 Å². The summed E-state index contributed by atoms with van der Waals surface area (Å²) in [6.45, 7) is 4.37. The van der Waals surface area contributed by atoms with Crippen LogP contribution in [0.15, 0.2) is 23.2 Å². The third-order valence-electron chi connectivity index (χ3n) is 4.58. The highest BCUT2D eigenvalue weighted by Gasteiger charge is 2.25. The van der Waals surface area contributed by atoms with Gasteiger partial charge in [-0.3, -0.25) is 4.99 Å². The van der Waals surface area contributed by atoms with E-state index in [0.29, 0.717) is 30.5 Å². The second-order valence-electron chi connectivity index (χ2n) is 6.54. The van der Waals surface area contributed by atoms with Crippen LogP contribution in [0.25, 0.3) is 0 Å². The van der Waals surface area contributed by atoms with Crippen LogP contribution in [-0.4, -0.2) is 66.5 Å². The maximum Gasteiger partial charge on any atom is 0.211 e. The zero-order chi connectivity index (χ0) is 20.6. The van der Waals surface area contributed by atoms with Gasteiger partial charge in [0, 0.05) is 44.3 Å². The lowest BCUT2D eigenvalue weighted by Gasteiger charge is -2.22. The summed E-state index contributed by atoms with van der Waals surface area (Å²) in [6.07, 6.45) is 1.64. The molecule has 2 rings (SSSR count). The average Bonchev–Trinajstić information content (AvgIpc) is 3.15. The molecule has 0 aromatic heterocycles. The number of anilines is 1. The normalized spacial score (nSPS) is 17.6. The molecule has 28 heavy (non-hydrogen) atoms. The molecular weight excluding hydrogens is 402 g/mol. The van der Waals surface area contributed by atoms with Gasteiger partial charge in [0.15, 0.2) is 5.96 Å². The minimum Gasteiger partial charge on any atom is -0.495 e. The van der Waals surface area contributed by atoms with Crippen molar-refractivity contribution in [3.05, 3.63) is 23.2 Å². The number of benzene rings is 1. The van der Waals surface area contributed by atoms with Gasteiger partial charge in [0.1, 0.15) is 5.75 Å². The first-order valence-corrected chi connectivity index (χ1v) is 11.4. The fourth-order valence-corrected chi connectivity index (χ4v) is 3.85. The van der Waals surface area contributed by atoms with Crippen molar-refractivity contribution in [2.24, 2.45) is 4.99 Å². The Labute approximate surface area is 172 Å². The molecule has 0 amide bonds. The van der Waals surface area contributed by atoms with Crippen molar-refractivity contribution in [1.82, 2.24) is 15.4 Å². The second-order valence-corrected chi connectivity index (χ2v) is 9.07. The van der Waals surface area contributed by atoms with E-state index in [4.69, 9.17) is 16.3 Å². The molecule has 3 N–H and O–H groups in total. The Kier molecular flexibility index (Phi) is 8.65. The van der Waals surface area contributed by atoms with E-state index in [9.17, 15) is 8.42 Å². The van der Waals surface area contributed by atoms with E-state index in [1.807, 2.05) is 18.2 Å². The van der Waals surface area contributed by atoms with Crippen LogP contribution in [0.4, 0.5) is 5.69 Å². The predicted molar refractivity (Wildman–Crippen MR) is 115 cm³/mol. The van der Waals surface area contributed by atoms with Crippen molar-refractivity contribution in [3.63, 3.8) is 0 Å². The second kappa shape index (κ2) is 10.7. The zero-order valence-corrected chi connectivity index (χ0v) is 18.2. The van der Waals surface area contributed by atoms with Crippen molar-refractivity contribution in [2.75, 3.05) is 51.0 Å². The molecule has 1 aromatic rings. The standard InChI is InChI=1S/C18H30ClN5O3S/c1-4-28(25,26)22-10-5-9-21-18(20-2)23-15-8-11-24(13-15)16-12-14(19)6-7-17(16)27-3/h6-7,12,15,22H,4-5,8-11,13H2,1-3H3,(H2,20,21,23). The Bertz CT molecular complexity index is 772. The molecule has 0 spiro atoms. The zero-order valence-electron chi connectivity index (χ0n) is 16.7. The number of ether oxygens (including phenoxy) is 1. The lowest BCUT2D eigenvalue weighted by atomic mass is 10.2. The molecule has 158 valence electrons. The predicted octanol–water partition coefficient (Wildman–Crippen LogP) is 1.42. The van der Waals surface area contributed by atoms with E-state index < -0.39 is 10.0 Å². The lowest BCUT2D eigenvalue weighted by Crippen LogP contribution is -2.45. The van der Waals surface area contributed by atoms with Gasteiger partial charge in [-0.1, -0.05) is 11.6 Å². The number of hydrogen-bond acceptors (Lipinski definition) is 5. The highest BCUT2D eigenvalue weighted by molar-refractivity contribution is 7.89. The van der Waals surface area contributed by atoms with E-state index in [1.165, 1.54) is 0 Å². The Morgan fingerprint density at radius 2 is 2.18 bits per heavy atom. The fraction of sp³-hybridized carbons (Fsp3) is 0.611.